The van der Waals surface area contributed by atoms with Crippen LogP contribution in [0.4, 0.5) is 0 Å². The van der Waals surface area contributed by atoms with Gasteiger partial charge in [-0.1, -0.05) is 0 Å². The van der Waals surface area contributed by atoms with Crippen LogP contribution in [0.3, 0.4) is 0 Å². The normalized spacial score (nSPS) is 28.8. The fraction of sp³-hybridized carbons (Fsp3) is 0.765. The van der Waals surface area contributed by atoms with Gasteiger partial charge in [-0.3, -0.25) is 0 Å². The number of rotatable bonds is 6. The zero-order valence-corrected chi connectivity index (χ0v) is 12.7. The summed E-state index contributed by atoms with van der Waals surface area (Å²) in [6, 6.07) is 3.70. The van der Waals surface area contributed by atoms with Gasteiger partial charge in [0.1, 0.15) is 11.9 Å². The van der Waals surface area contributed by atoms with Crippen LogP contribution in [0, 0.1) is 5.92 Å². The van der Waals surface area contributed by atoms with E-state index in [1.807, 2.05) is 12.1 Å². The zero-order chi connectivity index (χ0) is 14.5. The summed E-state index contributed by atoms with van der Waals surface area (Å²) in [5.74, 6) is 1.02. The van der Waals surface area contributed by atoms with Gasteiger partial charge in [0, 0.05) is 6.54 Å². The average Bonchev–Trinajstić information content (AvgIpc) is 3.21. The van der Waals surface area contributed by atoms with Crippen LogP contribution >= 0.6 is 0 Å². The highest BCUT2D eigenvalue weighted by atomic mass is 16.5. The van der Waals surface area contributed by atoms with Crippen molar-refractivity contribution in [1.29, 1.82) is 0 Å². The van der Waals surface area contributed by atoms with Crippen molar-refractivity contribution < 1.29 is 14.3 Å². The van der Waals surface area contributed by atoms with E-state index in [9.17, 15) is 5.11 Å². The van der Waals surface area contributed by atoms with E-state index in [0.29, 0.717) is 17.8 Å². The molecule has 2 fully saturated rings. The average molecular weight is 293 g/mol. The third-order valence-corrected chi connectivity index (χ3v) is 4.96. The molecular weight excluding hydrogens is 266 g/mol. The number of furan rings is 1. The number of hydrogen-bond acceptors (Lipinski definition) is 4. The maximum Gasteiger partial charge on any atom is 0.132 e. The van der Waals surface area contributed by atoms with E-state index in [-0.39, 0.29) is 0 Å². The molecular formula is C17H27NO3. The summed E-state index contributed by atoms with van der Waals surface area (Å²) < 4.78 is 11.3. The van der Waals surface area contributed by atoms with Gasteiger partial charge in [-0.2, -0.15) is 0 Å². The predicted octanol–water partition coefficient (Wildman–Crippen LogP) is 2.98. The van der Waals surface area contributed by atoms with Gasteiger partial charge in [0.15, 0.2) is 0 Å². The first-order valence-corrected chi connectivity index (χ1v) is 8.38. The molecule has 1 saturated heterocycles. The Morgan fingerprint density at radius 1 is 1.24 bits per heavy atom. The number of aliphatic hydroxyl groups is 1. The maximum absolute atomic E-state index is 10.3. The molecule has 1 N–H and O–H groups in total. The highest BCUT2D eigenvalue weighted by molar-refractivity contribution is 5.03. The Morgan fingerprint density at radius 2 is 2.00 bits per heavy atom. The molecule has 1 aromatic rings. The van der Waals surface area contributed by atoms with Gasteiger partial charge in [0.25, 0.3) is 0 Å². The molecule has 21 heavy (non-hydrogen) atoms. The molecule has 118 valence electrons. The Balaban J connectivity index is 1.35. The van der Waals surface area contributed by atoms with E-state index in [1.54, 1.807) is 6.26 Å². The van der Waals surface area contributed by atoms with Crippen molar-refractivity contribution in [1.82, 2.24) is 4.90 Å². The number of nitrogens with zero attached hydrogens (tertiary/aromatic N) is 1. The first-order chi connectivity index (χ1) is 10.3. The van der Waals surface area contributed by atoms with Crippen molar-refractivity contribution in [3.63, 3.8) is 0 Å². The van der Waals surface area contributed by atoms with Gasteiger partial charge in [-0.25, -0.2) is 0 Å². The van der Waals surface area contributed by atoms with Gasteiger partial charge < -0.3 is 19.2 Å². The molecule has 0 radical (unpaired) electrons. The van der Waals surface area contributed by atoms with E-state index in [0.717, 1.165) is 38.8 Å². The largest absolute Gasteiger partial charge is 0.467 e. The fourth-order valence-corrected chi connectivity index (χ4v) is 3.62. The minimum atomic E-state index is -0.453. The van der Waals surface area contributed by atoms with Crippen LogP contribution in [0.25, 0.3) is 0 Å². The molecule has 4 nitrogen and oxygen atoms in total. The lowest BCUT2D eigenvalue weighted by Crippen LogP contribution is -2.29. The zero-order valence-electron chi connectivity index (χ0n) is 12.7. The van der Waals surface area contributed by atoms with Gasteiger partial charge in [-0.05, 0) is 69.7 Å². The molecule has 1 aromatic heterocycles. The highest BCUT2D eigenvalue weighted by Crippen LogP contribution is 2.35. The summed E-state index contributed by atoms with van der Waals surface area (Å²) in [5.41, 5.74) is 0. The molecule has 1 saturated carbocycles. The van der Waals surface area contributed by atoms with Gasteiger partial charge >= 0.3 is 0 Å². The topological polar surface area (TPSA) is 45.8 Å². The molecule has 0 spiro atoms. The van der Waals surface area contributed by atoms with Crippen LogP contribution in [0.1, 0.15) is 50.4 Å². The van der Waals surface area contributed by atoms with E-state index in [2.05, 4.69) is 4.90 Å². The Bertz CT molecular complexity index is 392. The summed E-state index contributed by atoms with van der Waals surface area (Å²) in [4.78, 5) is 2.49. The maximum atomic E-state index is 10.3. The molecule has 2 aliphatic rings. The predicted molar refractivity (Wildman–Crippen MR) is 81.0 cm³/mol. The molecule has 0 bridgehead atoms. The van der Waals surface area contributed by atoms with Gasteiger partial charge in [0.05, 0.1) is 19.0 Å². The molecule has 1 atom stereocenters. The van der Waals surface area contributed by atoms with E-state index >= 15 is 0 Å². The Kier molecular flexibility index (Phi) is 5.33. The molecule has 3 rings (SSSR count). The van der Waals surface area contributed by atoms with Crippen molar-refractivity contribution in [3.05, 3.63) is 24.2 Å². The first-order valence-electron chi connectivity index (χ1n) is 8.38. The lowest BCUT2D eigenvalue weighted by molar-refractivity contribution is -0.0148. The quantitative estimate of drug-likeness (QED) is 0.876. The van der Waals surface area contributed by atoms with Crippen LogP contribution in [0.2, 0.25) is 0 Å². The molecule has 1 aliphatic heterocycles. The lowest BCUT2D eigenvalue weighted by Gasteiger charge is -2.31. The Morgan fingerprint density at radius 3 is 2.67 bits per heavy atom. The third-order valence-electron chi connectivity index (χ3n) is 4.96. The van der Waals surface area contributed by atoms with E-state index < -0.39 is 6.10 Å². The van der Waals surface area contributed by atoms with E-state index in [1.165, 1.54) is 25.9 Å². The van der Waals surface area contributed by atoms with Crippen molar-refractivity contribution in [2.45, 2.75) is 50.7 Å². The van der Waals surface area contributed by atoms with Crippen LogP contribution in [0.5, 0.6) is 0 Å². The van der Waals surface area contributed by atoms with Gasteiger partial charge in [-0.15, -0.1) is 0 Å². The van der Waals surface area contributed by atoms with Crippen molar-refractivity contribution in [2.24, 2.45) is 5.92 Å². The third kappa shape index (κ3) is 4.09. The number of ether oxygens (including phenoxy) is 1. The monoisotopic (exact) mass is 293 g/mol. The Labute approximate surface area is 127 Å². The standard InChI is InChI=1S/C17H27NO3/c19-17(16-4-3-12-21-16)14-5-7-15(8-6-14)20-13-11-18-9-1-2-10-18/h3-4,12,14-15,17,19H,1-2,5-11,13H2. The summed E-state index contributed by atoms with van der Waals surface area (Å²) >= 11 is 0. The summed E-state index contributed by atoms with van der Waals surface area (Å²) in [5, 5.41) is 10.3. The smallest absolute Gasteiger partial charge is 0.132 e. The van der Waals surface area contributed by atoms with Gasteiger partial charge in [0.2, 0.25) is 0 Å². The highest BCUT2D eigenvalue weighted by Gasteiger charge is 2.29. The summed E-state index contributed by atoms with van der Waals surface area (Å²) in [6.45, 7) is 4.42. The minimum absolute atomic E-state index is 0.314. The van der Waals surface area contributed by atoms with E-state index in [4.69, 9.17) is 9.15 Å². The number of hydrogen-bond donors (Lipinski definition) is 1. The summed E-state index contributed by atoms with van der Waals surface area (Å²) in [6.07, 6.45) is 8.41. The molecule has 2 heterocycles. The molecule has 4 heteroatoms. The Hall–Kier alpha value is -0.840. The van der Waals surface area contributed by atoms with Crippen molar-refractivity contribution >= 4 is 0 Å². The summed E-state index contributed by atoms with van der Waals surface area (Å²) in [7, 11) is 0. The molecule has 0 aromatic carbocycles. The second-order valence-electron chi connectivity index (χ2n) is 6.42. The number of aliphatic hydroxyl groups excluding tert-OH is 1. The van der Waals surface area contributed by atoms with Crippen molar-refractivity contribution in [2.75, 3.05) is 26.2 Å². The molecule has 1 unspecified atom stereocenters. The van der Waals surface area contributed by atoms with Crippen LogP contribution in [0.15, 0.2) is 22.8 Å². The second kappa shape index (κ2) is 7.43. The lowest BCUT2D eigenvalue weighted by atomic mass is 9.83. The van der Waals surface area contributed by atoms with Crippen molar-refractivity contribution in [3.8, 4) is 0 Å². The number of likely N-dealkylation sites (tertiary alicyclic amines) is 1. The van der Waals surface area contributed by atoms with Crippen LogP contribution in [-0.4, -0.2) is 42.4 Å². The fourth-order valence-electron chi connectivity index (χ4n) is 3.62. The van der Waals surface area contributed by atoms with Crippen LogP contribution in [-0.2, 0) is 4.74 Å². The first kappa shape index (κ1) is 15.1. The second-order valence-corrected chi connectivity index (χ2v) is 6.42. The molecule has 0 amide bonds. The van der Waals surface area contributed by atoms with Crippen LogP contribution < -0.4 is 0 Å². The minimum Gasteiger partial charge on any atom is -0.467 e. The SMILES string of the molecule is OC(c1ccco1)C1CCC(OCCN2CCCC2)CC1. The molecule has 1 aliphatic carbocycles.